The van der Waals surface area contributed by atoms with Gasteiger partial charge in [0.25, 0.3) is 5.56 Å². The fraction of sp³-hybridized carbons (Fsp3) is 0.194. The molecule has 0 bridgehead atoms. The SMILES string of the molecule is COc1ccc([C@@H]2C3=C(N=c4s/c(=C/c5cc(Br)ccc5OC(C)=O)c(=O)n42)c2ccccc2CC3)cc1OC. The highest BCUT2D eigenvalue weighted by molar-refractivity contribution is 9.10. The Labute approximate surface area is 242 Å². The molecule has 9 heteroatoms. The first-order chi connectivity index (χ1) is 19.4. The Bertz CT molecular complexity index is 1890. The van der Waals surface area contributed by atoms with Crippen molar-refractivity contribution in [2.75, 3.05) is 14.2 Å². The van der Waals surface area contributed by atoms with Crippen molar-refractivity contribution in [2.24, 2.45) is 4.99 Å². The van der Waals surface area contributed by atoms with Crippen LogP contribution in [0.2, 0.25) is 0 Å². The maximum absolute atomic E-state index is 14.1. The van der Waals surface area contributed by atoms with Crippen LogP contribution in [0.25, 0.3) is 11.8 Å². The summed E-state index contributed by atoms with van der Waals surface area (Å²) in [6, 6.07) is 19.0. The zero-order valence-electron chi connectivity index (χ0n) is 22.1. The lowest BCUT2D eigenvalue weighted by atomic mass is 9.83. The number of aryl methyl sites for hydroxylation is 1. The number of hydrogen-bond acceptors (Lipinski definition) is 7. The van der Waals surface area contributed by atoms with Gasteiger partial charge in [-0.2, -0.15) is 0 Å². The molecule has 7 nitrogen and oxygen atoms in total. The number of nitrogens with zero attached hydrogens (tertiary/aromatic N) is 2. The van der Waals surface area contributed by atoms with Gasteiger partial charge in [0.15, 0.2) is 16.3 Å². The van der Waals surface area contributed by atoms with E-state index in [1.165, 1.54) is 23.8 Å². The number of fused-ring (bicyclic) bond motifs is 3. The smallest absolute Gasteiger partial charge is 0.308 e. The molecule has 1 aliphatic heterocycles. The molecule has 3 aromatic carbocycles. The maximum Gasteiger partial charge on any atom is 0.308 e. The van der Waals surface area contributed by atoms with E-state index < -0.39 is 5.97 Å². The third-order valence-electron chi connectivity index (χ3n) is 7.11. The summed E-state index contributed by atoms with van der Waals surface area (Å²) < 4.78 is 19.6. The first-order valence-electron chi connectivity index (χ1n) is 12.7. The highest BCUT2D eigenvalue weighted by Gasteiger charge is 2.33. The van der Waals surface area contributed by atoms with E-state index in [9.17, 15) is 9.59 Å². The van der Waals surface area contributed by atoms with Gasteiger partial charge in [0.05, 0.1) is 30.5 Å². The molecule has 0 N–H and O–H groups in total. The van der Waals surface area contributed by atoms with Crippen molar-refractivity contribution < 1.29 is 19.0 Å². The number of carbonyl (C=O) groups is 1. The number of halogens is 1. The molecular formula is C31H25BrN2O5S. The van der Waals surface area contributed by atoms with Gasteiger partial charge < -0.3 is 14.2 Å². The number of aromatic nitrogens is 1. The number of thiazole rings is 1. The summed E-state index contributed by atoms with van der Waals surface area (Å²) in [5.41, 5.74) is 5.71. The van der Waals surface area contributed by atoms with Gasteiger partial charge in [0, 0.05) is 22.5 Å². The van der Waals surface area contributed by atoms with Gasteiger partial charge in [-0.05, 0) is 65.9 Å². The molecule has 0 unspecified atom stereocenters. The average molecular weight is 618 g/mol. The second-order valence-corrected chi connectivity index (χ2v) is 11.4. The molecule has 4 aromatic rings. The topological polar surface area (TPSA) is 79.1 Å². The molecule has 0 amide bonds. The summed E-state index contributed by atoms with van der Waals surface area (Å²) in [7, 11) is 3.21. The average Bonchev–Trinajstić information content (AvgIpc) is 3.26. The summed E-state index contributed by atoms with van der Waals surface area (Å²) >= 11 is 4.80. The Morgan fingerprint density at radius 1 is 1.02 bits per heavy atom. The van der Waals surface area contributed by atoms with Gasteiger partial charge in [-0.15, -0.1) is 0 Å². The fourth-order valence-electron chi connectivity index (χ4n) is 5.37. The first-order valence-corrected chi connectivity index (χ1v) is 14.3. The Kier molecular flexibility index (Phi) is 6.93. The van der Waals surface area contributed by atoms with Crippen LogP contribution < -0.4 is 29.1 Å². The number of benzene rings is 3. The van der Waals surface area contributed by atoms with Gasteiger partial charge in [-0.3, -0.25) is 14.2 Å². The molecular weight excluding hydrogens is 592 g/mol. The Morgan fingerprint density at radius 2 is 1.80 bits per heavy atom. The predicted octanol–water partition coefficient (Wildman–Crippen LogP) is 5.02. The lowest BCUT2D eigenvalue weighted by molar-refractivity contribution is -0.131. The Hall–Kier alpha value is -3.95. The van der Waals surface area contributed by atoms with Gasteiger partial charge >= 0.3 is 5.97 Å². The van der Waals surface area contributed by atoms with Crippen LogP contribution in [0.5, 0.6) is 17.2 Å². The molecule has 202 valence electrons. The molecule has 0 fully saturated rings. The van der Waals surface area contributed by atoms with Crippen molar-refractivity contribution in [1.29, 1.82) is 0 Å². The molecule has 1 aliphatic carbocycles. The van der Waals surface area contributed by atoms with E-state index >= 15 is 0 Å². The lowest BCUT2D eigenvalue weighted by Gasteiger charge is -2.31. The molecule has 1 atom stereocenters. The van der Waals surface area contributed by atoms with Crippen molar-refractivity contribution in [2.45, 2.75) is 25.8 Å². The van der Waals surface area contributed by atoms with E-state index in [-0.39, 0.29) is 11.6 Å². The number of allylic oxidation sites excluding steroid dienone is 1. The highest BCUT2D eigenvalue weighted by Crippen LogP contribution is 2.42. The van der Waals surface area contributed by atoms with Crippen LogP contribution >= 0.6 is 27.3 Å². The summed E-state index contributed by atoms with van der Waals surface area (Å²) in [5.74, 6) is 1.16. The molecule has 0 radical (unpaired) electrons. The van der Waals surface area contributed by atoms with Crippen LogP contribution in [0.3, 0.4) is 0 Å². The molecule has 0 spiro atoms. The molecule has 6 rings (SSSR count). The lowest BCUT2D eigenvalue weighted by Crippen LogP contribution is -2.38. The van der Waals surface area contributed by atoms with Crippen LogP contribution in [0.1, 0.15) is 41.6 Å². The standard InChI is InChI=1S/C31H25BrN2O5S/c1-17(35)39-24-13-10-21(32)14-20(24)16-27-30(36)34-29(19-9-12-25(37-2)26(15-19)38-3)23-11-8-18-6-4-5-7-22(18)28(23)33-31(34)40-27/h4-7,9-10,12-16,29H,8,11H2,1-3H3/b27-16+/t29-/m1/s1. The highest BCUT2D eigenvalue weighted by atomic mass is 79.9. The summed E-state index contributed by atoms with van der Waals surface area (Å²) in [5, 5.41) is 0. The second-order valence-electron chi connectivity index (χ2n) is 9.50. The van der Waals surface area contributed by atoms with E-state index in [0.29, 0.717) is 32.1 Å². The van der Waals surface area contributed by atoms with Crippen molar-refractivity contribution in [3.05, 3.63) is 113 Å². The molecule has 1 aromatic heterocycles. The number of methoxy groups -OCH3 is 2. The van der Waals surface area contributed by atoms with E-state index in [1.807, 2.05) is 36.4 Å². The minimum atomic E-state index is -0.432. The molecule has 2 heterocycles. The number of carbonyl (C=O) groups excluding carboxylic acids is 1. The number of rotatable bonds is 5. The number of ether oxygens (including phenoxy) is 3. The van der Waals surface area contributed by atoms with Crippen LogP contribution in [0, 0.1) is 0 Å². The Balaban J connectivity index is 1.61. The van der Waals surface area contributed by atoms with Crippen molar-refractivity contribution in [3.8, 4) is 17.2 Å². The largest absolute Gasteiger partial charge is 0.493 e. The van der Waals surface area contributed by atoms with Crippen LogP contribution in [0.15, 0.2) is 80.5 Å². The van der Waals surface area contributed by atoms with Crippen molar-refractivity contribution in [1.82, 2.24) is 4.57 Å². The summed E-state index contributed by atoms with van der Waals surface area (Å²) in [6.45, 7) is 1.35. The summed E-state index contributed by atoms with van der Waals surface area (Å²) in [4.78, 5) is 31.5. The third kappa shape index (κ3) is 4.59. The van der Waals surface area contributed by atoms with Gasteiger partial charge in [0.1, 0.15) is 5.75 Å². The van der Waals surface area contributed by atoms with Crippen LogP contribution in [0.4, 0.5) is 0 Å². The quantitative estimate of drug-likeness (QED) is 0.232. The maximum atomic E-state index is 14.1. The third-order valence-corrected chi connectivity index (χ3v) is 8.58. The van der Waals surface area contributed by atoms with E-state index in [4.69, 9.17) is 19.2 Å². The zero-order chi connectivity index (χ0) is 28.0. The normalized spacial score (nSPS) is 16.0. The number of esters is 1. The van der Waals surface area contributed by atoms with E-state index in [2.05, 4.69) is 28.1 Å². The molecule has 0 saturated carbocycles. The predicted molar refractivity (Wildman–Crippen MR) is 158 cm³/mol. The first kappa shape index (κ1) is 26.3. The van der Waals surface area contributed by atoms with Crippen molar-refractivity contribution >= 4 is 45.0 Å². The van der Waals surface area contributed by atoms with Gasteiger partial charge in [-0.25, -0.2) is 4.99 Å². The van der Waals surface area contributed by atoms with E-state index in [1.54, 1.807) is 37.0 Å². The van der Waals surface area contributed by atoms with Crippen LogP contribution in [-0.2, 0) is 11.2 Å². The molecule has 40 heavy (non-hydrogen) atoms. The monoisotopic (exact) mass is 616 g/mol. The summed E-state index contributed by atoms with van der Waals surface area (Å²) in [6.07, 6.45) is 3.40. The molecule has 0 saturated heterocycles. The molecule has 2 aliphatic rings. The Morgan fingerprint density at radius 3 is 2.58 bits per heavy atom. The fourth-order valence-corrected chi connectivity index (χ4v) is 6.74. The van der Waals surface area contributed by atoms with Crippen molar-refractivity contribution in [3.63, 3.8) is 0 Å². The van der Waals surface area contributed by atoms with Gasteiger partial charge in [-0.1, -0.05) is 57.6 Å². The van der Waals surface area contributed by atoms with Crippen LogP contribution in [-0.4, -0.2) is 24.8 Å². The minimum absolute atomic E-state index is 0.164. The van der Waals surface area contributed by atoms with E-state index in [0.717, 1.165) is 39.7 Å². The van der Waals surface area contributed by atoms with Gasteiger partial charge in [0.2, 0.25) is 0 Å². The zero-order valence-corrected chi connectivity index (χ0v) is 24.5. The number of hydrogen-bond donors (Lipinski definition) is 0. The second kappa shape index (κ2) is 10.6. The minimum Gasteiger partial charge on any atom is -0.493 e.